The Kier molecular flexibility index (Phi) is 6.61. The Morgan fingerprint density at radius 1 is 1.16 bits per heavy atom. The fourth-order valence-corrected chi connectivity index (χ4v) is 4.17. The van der Waals surface area contributed by atoms with Gasteiger partial charge in [0.2, 0.25) is 0 Å². The van der Waals surface area contributed by atoms with Crippen LogP contribution in [0.1, 0.15) is 45.2 Å². The smallest absolute Gasteiger partial charge is 0.276 e. The molecule has 7 heteroatoms. The van der Waals surface area contributed by atoms with E-state index < -0.39 is 0 Å². The van der Waals surface area contributed by atoms with E-state index in [9.17, 15) is 4.79 Å². The van der Waals surface area contributed by atoms with E-state index in [-0.39, 0.29) is 5.56 Å². The highest BCUT2D eigenvalue weighted by Crippen LogP contribution is 2.31. The van der Waals surface area contributed by atoms with Crippen LogP contribution in [-0.2, 0) is 6.54 Å². The summed E-state index contributed by atoms with van der Waals surface area (Å²) in [6, 6.07) is 8.59. The number of benzene rings is 1. The highest BCUT2D eigenvalue weighted by molar-refractivity contribution is 5.73. The maximum absolute atomic E-state index is 11.9. The molecule has 1 aliphatic rings. The molecular formula is C24H32N4O3. The molecule has 7 nitrogen and oxygen atoms in total. The lowest BCUT2D eigenvalue weighted by atomic mass is 10.0. The summed E-state index contributed by atoms with van der Waals surface area (Å²) < 4.78 is 13.9. The first-order valence-electron chi connectivity index (χ1n) is 11.2. The van der Waals surface area contributed by atoms with E-state index in [1.165, 1.54) is 5.56 Å². The SMILES string of the molecule is CCOc1cc(CN2CCC(n3cnc4c(=O)[nH]ccc43)CC2)ccc1OCC(C)C. The zero-order valence-corrected chi connectivity index (χ0v) is 18.6. The van der Waals surface area contributed by atoms with E-state index in [0.29, 0.717) is 30.7 Å². The van der Waals surface area contributed by atoms with Gasteiger partial charge >= 0.3 is 0 Å². The lowest BCUT2D eigenvalue weighted by Gasteiger charge is -2.33. The highest BCUT2D eigenvalue weighted by atomic mass is 16.5. The molecule has 1 saturated heterocycles. The van der Waals surface area contributed by atoms with Gasteiger partial charge in [0, 0.05) is 31.9 Å². The molecule has 0 aliphatic carbocycles. The minimum absolute atomic E-state index is 0.125. The molecule has 3 aromatic rings. The summed E-state index contributed by atoms with van der Waals surface area (Å²) in [5.74, 6) is 2.12. The fraction of sp³-hybridized carbons (Fsp3) is 0.500. The van der Waals surface area contributed by atoms with Crippen LogP contribution in [0.2, 0.25) is 0 Å². The average Bonchev–Trinajstić information content (AvgIpc) is 3.19. The molecule has 0 radical (unpaired) electrons. The molecule has 0 saturated carbocycles. The molecule has 0 spiro atoms. The summed E-state index contributed by atoms with van der Waals surface area (Å²) >= 11 is 0. The lowest BCUT2D eigenvalue weighted by molar-refractivity contribution is 0.181. The van der Waals surface area contributed by atoms with E-state index in [2.05, 4.69) is 45.4 Å². The van der Waals surface area contributed by atoms with Gasteiger partial charge in [-0.1, -0.05) is 19.9 Å². The Morgan fingerprint density at radius 3 is 2.71 bits per heavy atom. The zero-order chi connectivity index (χ0) is 21.8. The van der Waals surface area contributed by atoms with Crippen LogP contribution < -0.4 is 15.0 Å². The van der Waals surface area contributed by atoms with Gasteiger partial charge in [-0.15, -0.1) is 0 Å². The van der Waals surface area contributed by atoms with Crippen molar-refractivity contribution in [2.45, 2.75) is 46.2 Å². The number of nitrogens with one attached hydrogen (secondary N) is 1. The number of imidazole rings is 1. The van der Waals surface area contributed by atoms with Crippen LogP contribution >= 0.6 is 0 Å². The summed E-state index contributed by atoms with van der Waals surface area (Å²) in [4.78, 5) is 21.4. The number of nitrogens with zero attached hydrogens (tertiary/aromatic N) is 3. The number of aromatic nitrogens is 3. The van der Waals surface area contributed by atoms with Crippen LogP contribution in [0.4, 0.5) is 0 Å². The fourth-order valence-electron chi connectivity index (χ4n) is 4.17. The largest absolute Gasteiger partial charge is 0.490 e. The highest BCUT2D eigenvalue weighted by Gasteiger charge is 2.22. The van der Waals surface area contributed by atoms with Crippen LogP contribution in [0.3, 0.4) is 0 Å². The number of hydrogen-bond acceptors (Lipinski definition) is 5. The van der Waals surface area contributed by atoms with Gasteiger partial charge in [0.15, 0.2) is 17.0 Å². The summed E-state index contributed by atoms with van der Waals surface area (Å²) in [5, 5.41) is 0. The first kappa shape index (κ1) is 21.4. The van der Waals surface area contributed by atoms with Crippen LogP contribution in [0, 0.1) is 5.92 Å². The van der Waals surface area contributed by atoms with Gasteiger partial charge in [-0.25, -0.2) is 4.98 Å². The van der Waals surface area contributed by atoms with Crippen LogP contribution in [0.15, 0.2) is 41.6 Å². The molecule has 1 aliphatic heterocycles. The molecule has 3 heterocycles. The predicted molar refractivity (Wildman–Crippen MR) is 122 cm³/mol. The second-order valence-corrected chi connectivity index (χ2v) is 8.62. The van der Waals surface area contributed by atoms with Gasteiger partial charge in [-0.2, -0.15) is 0 Å². The monoisotopic (exact) mass is 424 g/mol. The predicted octanol–water partition coefficient (Wildman–Crippen LogP) is 4.00. The van der Waals surface area contributed by atoms with Crippen molar-refractivity contribution < 1.29 is 9.47 Å². The van der Waals surface area contributed by atoms with Crippen LogP contribution in [0.5, 0.6) is 11.5 Å². The Labute approximate surface area is 183 Å². The Balaban J connectivity index is 1.39. The second kappa shape index (κ2) is 9.56. The van der Waals surface area contributed by atoms with Crippen LogP contribution in [0.25, 0.3) is 11.0 Å². The zero-order valence-electron chi connectivity index (χ0n) is 18.6. The maximum Gasteiger partial charge on any atom is 0.276 e. The maximum atomic E-state index is 11.9. The van der Waals surface area contributed by atoms with Crippen molar-refractivity contribution in [2.75, 3.05) is 26.3 Å². The van der Waals surface area contributed by atoms with Crippen molar-refractivity contribution in [1.82, 2.24) is 19.4 Å². The molecule has 1 N–H and O–H groups in total. The van der Waals surface area contributed by atoms with Gasteiger partial charge in [-0.3, -0.25) is 9.69 Å². The van der Waals surface area contributed by atoms with Crippen molar-refractivity contribution in [3.05, 3.63) is 52.7 Å². The Hall–Kier alpha value is -2.80. The number of hydrogen-bond donors (Lipinski definition) is 1. The van der Waals surface area contributed by atoms with Crippen molar-refractivity contribution in [3.63, 3.8) is 0 Å². The Bertz CT molecular complexity index is 1060. The van der Waals surface area contributed by atoms with Crippen molar-refractivity contribution in [2.24, 2.45) is 5.92 Å². The second-order valence-electron chi connectivity index (χ2n) is 8.62. The quantitative estimate of drug-likeness (QED) is 0.592. The molecule has 1 fully saturated rings. The number of rotatable bonds is 8. The number of pyridine rings is 1. The van der Waals surface area contributed by atoms with E-state index in [1.807, 2.05) is 25.4 Å². The average molecular weight is 425 g/mol. The summed E-state index contributed by atoms with van der Waals surface area (Å²) in [7, 11) is 0. The van der Waals surface area contributed by atoms with Gasteiger partial charge in [0.25, 0.3) is 5.56 Å². The molecule has 0 bridgehead atoms. The third-order valence-corrected chi connectivity index (χ3v) is 5.74. The molecule has 0 amide bonds. The van der Waals surface area contributed by atoms with Crippen molar-refractivity contribution in [1.29, 1.82) is 0 Å². The number of ether oxygens (including phenoxy) is 2. The van der Waals surface area contributed by atoms with Gasteiger partial charge < -0.3 is 19.0 Å². The lowest BCUT2D eigenvalue weighted by Crippen LogP contribution is -2.34. The standard InChI is InChI=1S/C24H32N4O3/c1-4-30-22-13-18(5-6-21(22)31-15-17(2)3)14-27-11-8-19(9-12-27)28-16-26-23-20(28)7-10-25-24(23)29/h5-7,10,13,16-17,19H,4,8-9,11-12,14-15H2,1-3H3,(H,25,29). The molecule has 4 rings (SSSR count). The molecule has 1 aromatic carbocycles. The summed E-state index contributed by atoms with van der Waals surface area (Å²) in [6.07, 6.45) is 5.57. The van der Waals surface area contributed by atoms with Crippen LogP contribution in [-0.4, -0.2) is 45.7 Å². The van der Waals surface area contributed by atoms with Crippen molar-refractivity contribution in [3.8, 4) is 11.5 Å². The number of H-pyrrole nitrogens is 1. The number of likely N-dealkylation sites (tertiary alicyclic amines) is 1. The minimum atomic E-state index is -0.125. The molecule has 166 valence electrons. The number of aromatic amines is 1. The first-order chi connectivity index (χ1) is 15.0. The van der Waals surface area contributed by atoms with E-state index in [0.717, 1.165) is 49.5 Å². The molecule has 0 unspecified atom stereocenters. The third-order valence-electron chi connectivity index (χ3n) is 5.74. The van der Waals surface area contributed by atoms with Gasteiger partial charge in [-0.05, 0) is 49.4 Å². The minimum Gasteiger partial charge on any atom is -0.490 e. The molecular weight excluding hydrogens is 392 g/mol. The summed E-state index contributed by atoms with van der Waals surface area (Å²) in [5.41, 5.74) is 2.55. The molecule has 2 aromatic heterocycles. The number of piperidine rings is 1. The normalized spacial score (nSPS) is 15.6. The number of fused-ring (bicyclic) bond motifs is 1. The van der Waals surface area contributed by atoms with E-state index in [1.54, 1.807) is 6.20 Å². The van der Waals surface area contributed by atoms with E-state index >= 15 is 0 Å². The topological polar surface area (TPSA) is 72.4 Å². The van der Waals surface area contributed by atoms with Crippen molar-refractivity contribution >= 4 is 11.0 Å². The van der Waals surface area contributed by atoms with Gasteiger partial charge in [0.05, 0.1) is 25.1 Å². The van der Waals surface area contributed by atoms with Gasteiger partial charge in [0.1, 0.15) is 0 Å². The third kappa shape index (κ3) is 4.93. The molecule has 31 heavy (non-hydrogen) atoms. The first-order valence-corrected chi connectivity index (χ1v) is 11.2. The Morgan fingerprint density at radius 2 is 1.97 bits per heavy atom. The summed E-state index contributed by atoms with van der Waals surface area (Å²) in [6.45, 7) is 10.5. The van der Waals surface area contributed by atoms with E-state index in [4.69, 9.17) is 9.47 Å². The molecule has 0 atom stereocenters.